The standard InChI is InChI=1S/C29H47FO3/c1-18(7-12-26(30)27(3,4)32)23-10-11-24-22-9-8-20-17-21(33-19(2)31)13-15-28(20,5)25(22)14-16-29(23,24)6/h8,18,21-26,32H,7,9-17H2,1-6H3/t18-,21+,22+,23-,24+,25+,26?,28+,29-/m1/s1. The van der Waals surface area contributed by atoms with Crippen molar-refractivity contribution >= 4 is 5.97 Å². The SMILES string of the molecule is CC(=O)O[C@H]1CC[C@@]2(C)C(=CC[C@H]3[C@@H]4CC[C@H]([C@H](C)CCC(F)C(C)(C)O)[C@@]4(C)CC[C@@H]32)C1. The molecule has 0 saturated heterocycles. The molecule has 0 amide bonds. The quantitative estimate of drug-likeness (QED) is 0.341. The maximum atomic E-state index is 14.4. The summed E-state index contributed by atoms with van der Waals surface area (Å²) in [5.74, 6) is 3.27. The molecular weight excluding hydrogens is 415 g/mol. The van der Waals surface area contributed by atoms with Gasteiger partial charge in [-0.15, -0.1) is 0 Å². The van der Waals surface area contributed by atoms with Crippen LogP contribution in [0.15, 0.2) is 11.6 Å². The molecule has 4 aliphatic rings. The van der Waals surface area contributed by atoms with Crippen LogP contribution >= 0.6 is 0 Å². The monoisotopic (exact) mass is 462 g/mol. The highest BCUT2D eigenvalue weighted by molar-refractivity contribution is 5.66. The van der Waals surface area contributed by atoms with Crippen molar-refractivity contribution in [3.05, 3.63) is 11.6 Å². The second kappa shape index (κ2) is 8.95. The number of halogens is 1. The van der Waals surface area contributed by atoms with E-state index in [4.69, 9.17) is 4.74 Å². The number of rotatable bonds is 6. The molecule has 188 valence electrons. The molecule has 4 heteroatoms. The van der Waals surface area contributed by atoms with Gasteiger partial charge >= 0.3 is 5.97 Å². The van der Waals surface area contributed by atoms with Crippen LogP contribution in [0.5, 0.6) is 0 Å². The van der Waals surface area contributed by atoms with Crippen LogP contribution in [0.1, 0.15) is 106 Å². The van der Waals surface area contributed by atoms with Crippen molar-refractivity contribution in [3.8, 4) is 0 Å². The third-order valence-electron chi connectivity index (χ3n) is 10.8. The van der Waals surface area contributed by atoms with Crippen molar-refractivity contribution in [2.24, 2.45) is 40.4 Å². The molecule has 0 aromatic rings. The fourth-order valence-electron chi connectivity index (χ4n) is 8.90. The zero-order valence-corrected chi connectivity index (χ0v) is 21.8. The molecular formula is C29H47FO3. The Hall–Kier alpha value is -0.900. The first-order valence-electron chi connectivity index (χ1n) is 13.6. The number of fused-ring (bicyclic) bond motifs is 5. The summed E-state index contributed by atoms with van der Waals surface area (Å²) in [7, 11) is 0. The van der Waals surface area contributed by atoms with E-state index in [0.717, 1.165) is 43.4 Å². The highest BCUT2D eigenvalue weighted by Crippen LogP contribution is 2.67. The summed E-state index contributed by atoms with van der Waals surface area (Å²) in [5.41, 5.74) is 0.931. The van der Waals surface area contributed by atoms with Gasteiger partial charge in [-0.2, -0.15) is 0 Å². The molecule has 3 fully saturated rings. The van der Waals surface area contributed by atoms with Gasteiger partial charge in [0.2, 0.25) is 0 Å². The highest BCUT2D eigenvalue weighted by Gasteiger charge is 2.59. The molecule has 0 bridgehead atoms. The van der Waals surface area contributed by atoms with Crippen molar-refractivity contribution in [1.29, 1.82) is 0 Å². The van der Waals surface area contributed by atoms with Gasteiger partial charge in [0, 0.05) is 13.3 Å². The maximum Gasteiger partial charge on any atom is 0.302 e. The fraction of sp³-hybridized carbons (Fsp3) is 0.897. The lowest BCUT2D eigenvalue weighted by molar-refractivity contribution is -0.148. The lowest BCUT2D eigenvalue weighted by Gasteiger charge is -2.58. The minimum absolute atomic E-state index is 0.0622. The molecule has 0 heterocycles. The summed E-state index contributed by atoms with van der Waals surface area (Å²) >= 11 is 0. The van der Waals surface area contributed by atoms with Gasteiger partial charge < -0.3 is 9.84 Å². The summed E-state index contributed by atoms with van der Waals surface area (Å²) in [4.78, 5) is 11.5. The summed E-state index contributed by atoms with van der Waals surface area (Å²) < 4.78 is 20.0. The molecule has 33 heavy (non-hydrogen) atoms. The fourth-order valence-corrected chi connectivity index (χ4v) is 8.90. The first kappa shape index (κ1) is 25.2. The molecule has 1 N–H and O–H groups in total. The molecule has 4 rings (SSSR count). The van der Waals surface area contributed by atoms with Crippen LogP contribution in [0.25, 0.3) is 0 Å². The number of allylic oxidation sites excluding steroid dienone is 1. The normalized spacial score (nSPS) is 42.4. The number of ether oxygens (including phenoxy) is 1. The predicted molar refractivity (Wildman–Crippen MR) is 130 cm³/mol. The Bertz CT molecular complexity index is 769. The van der Waals surface area contributed by atoms with Crippen LogP contribution < -0.4 is 0 Å². The maximum absolute atomic E-state index is 14.4. The average molecular weight is 463 g/mol. The third kappa shape index (κ3) is 4.55. The number of alkyl halides is 1. The van der Waals surface area contributed by atoms with E-state index in [1.54, 1.807) is 19.4 Å². The Morgan fingerprint density at radius 1 is 1.18 bits per heavy atom. The van der Waals surface area contributed by atoms with E-state index in [1.807, 2.05) is 0 Å². The lowest BCUT2D eigenvalue weighted by atomic mass is 9.47. The predicted octanol–water partition coefficient (Wildman–Crippen LogP) is 7.02. The first-order valence-corrected chi connectivity index (χ1v) is 13.6. The summed E-state index contributed by atoms with van der Waals surface area (Å²) in [6.45, 7) is 12.1. The third-order valence-corrected chi connectivity index (χ3v) is 10.8. The number of hydrogen-bond donors (Lipinski definition) is 1. The van der Waals surface area contributed by atoms with Gasteiger partial charge in [0.1, 0.15) is 12.3 Å². The van der Waals surface area contributed by atoms with Crippen molar-refractivity contribution in [3.63, 3.8) is 0 Å². The van der Waals surface area contributed by atoms with E-state index in [2.05, 4.69) is 26.8 Å². The zero-order chi connectivity index (χ0) is 24.2. The molecule has 0 aromatic carbocycles. The molecule has 3 saturated carbocycles. The van der Waals surface area contributed by atoms with Crippen molar-refractivity contribution in [1.82, 2.24) is 0 Å². The van der Waals surface area contributed by atoms with Gasteiger partial charge in [-0.1, -0.05) is 32.4 Å². The number of aliphatic hydroxyl groups is 1. The number of esters is 1. The van der Waals surface area contributed by atoms with Gasteiger partial charge in [0.25, 0.3) is 0 Å². The van der Waals surface area contributed by atoms with Gasteiger partial charge in [0.15, 0.2) is 0 Å². The molecule has 0 spiro atoms. The van der Waals surface area contributed by atoms with E-state index in [1.165, 1.54) is 39.0 Å². The second-order valence-electron chi connectivity index (χ2n) is 13.1. The van der Waals surface area contributed by atoms with Crippen molar-refractivity contribution in [2.45, 2.75) is 124 Å². The molecule has 0 radical (unpaired) electrons. The van der Waals surface area contributed by atoms with Crippen LogP contribution in [0.3, 0.4) is 0 Å². The highest BCUT2D eigenvalue weighted by atomic mass is 19.1. The van der Waals surface area contributed by atoms with E-state index in [9.17, 15) is 14.3 Å². The number of carbonyl (C=O) groups excluding carboxylic acids is 1. The summed E-state index contributed by atoms with van der Waals surface area (Å²) in [5, 5.41) is 10.0. The van der Waals surface area contributed by atoms with Gasteiger partial charge in [-0.25, -0.2) is 4.39 Å². The Kier molecular flexibility index (Phi) is 6.84. The molecule has 9 atom stereocenters. The minimum Gasteiger partial charge on any atom is -0.462 e. The van der Waals surface area contributed by atoms with Crippen molar-refractivity contribution in [2.75, 3.05) is 0 Å². The van der Waals surface area contributed by atoms with Gasteiger partial charge in [0.05, 0.1) is 5.60 Å². The molecule has 1 unspecified atom stereocenters. The smallest absolute Gasteiger partial charge is 0.302 e. The molecule has 0 aliphatic heterocycles. The largest absolute Gasteiger partial charge is 0.462 e. The van der Waals surface area contributed by atoms with Crippen LogP contribution in [0, 0.1) is 40.4 Å². The topological polar surface area (TPSA) is 46.5 Å². The molecule has 4 aliphatic carbocycles. The Morgan fingerprint density at radius 3 is 2.58 bits per heavy atom. The zero-order valence-electron chi connectivity index (χ0n) is 21.8. The first-order chi connectivity index (χ1) is 15.4. The van der Waals surface area contributed by atoms with Gasteiger partial charge in [-0.3, -0.25) is 4.79 Å². The van der Waals surface area contributed by atoms with Gasteiger partial charge in [-0.05, 0) is 112 Å². The van der Waals surface area contributed by atoms with E-state index in [0.29, 0.717) is 23.7 Å². The number of carbonyl (C=O) groups is 1. The minimum atomic E-state index is -1.24. The lowest BCUT2D eigenvalue weighted by Crippen LogP contribution is -2.51. The molecule has 0 aromatic heterocycles. The summed E-state index contributed by atoms with van der Waals surface area (Å²) in [6, 6.07) is 0. The van der Waals surface area contributed by atoms with Crippen LogP contribution in [0.2, 0.25) is 0 Å². The van der Waals surface area contributed by atoms with Crippen LogP contribution in [-0.2, 0) is 9.53 Å². The number of hydrogen-bond acceptors (Lipinski definition) is 3. The Balaban J connectivity index is 1.46. The average Bonchev–Trinajstić information content (AvgIpc) is 3.08. The Morgan fingerprint density at radius 2 is 1.91 bits per heavy atom. The second-order valence-corrected chi connectivity index (χ2v) is 13.1. The van der Waals surface area contributed by atoms with E-state index < -0.39 is 11.8 Å². The van der Waals surface area contributed by atoms with Crippen LogP contribution in [0.4, 0.5) is 4.39 Å². The van der Waals surface area contributed by atoms with E-state index >= 15 is 0 Å². The summed E-state index contributed by atoms with van der Waals surface area (Å²) in [6.07, 6.45) is 12.2. The van der Waals surface area contributed by atoms with Crippen molar-refractivity contribution < 1.29 is 19.0 Å². The Labute approximate surface area is 200 Å². The van der Waals surface area contributed by atoms with E-state index in [-0.39, 0.29) is 17.5 Å². The van der Waals surface area contributed by atoms with Crippen LogP contribution in [-0.4, -0.2) is 29.0 Å². The molecule has 3 nitrogen and oxygen atoms in total.